The maximum absolute atomic E-state index is 8.89. The predicted octanol–water partition coefficient (Wildman–Crippen LogP) is 1.39. The van der Waals surface area contributed by atoms with Crippen LogP contribution in [0, 0.1) is 5.92 Å². The van der Waals surface area contributed by atoms with Crippen LogP contribution in [0.25, 0.3) is 0 Å². The van der Waals surface area contributed by atoms with Crippen LogP contribution >= 0.6 is 0 Å². The Kier molecular flexibility index (Phi) is 5.51. The molecule has 2 nitrogen and oxygen atoms in total. The summed E-state index contributed by atoms with van der Waals surface area (Å²) in [7, 11) is 0. The van der Waals surface area contributed by atoms with Gasteiger partial charge in [0, 0.05) is 12.1 Å². The zero-order valence-corrected chi connectivity index (χ0v) is 8.09. The number of hydrogen-bond acceptors (Lipinski definition) is 2. The molecule has 2 N–H and O–H groups in total. The van der Waals surface area contributed by atoms with E-state index in [1.807, 2.05) is 0 Å². The number of aliphatic hydroxyl groups excluding tert-OH is 1. The van der Waals surface area contributed by atoms with Crippen LogP contribution in [0.3, 0.4) is 0 Å². The van der Waals surface area contributed by atoms with E-state index in [2.05, 4.69) is 33.0 Å². The number of hydrogen-bond donors (Lipinski definition) is 2. The molecule has 0 amide bonds. The third-order valence-corrected chi connectivity index (χ3v) is 2.21. The summed E-state index contributed by atoms with van der Waals surface area (Å²) in [6.45, 7) is 8.85. The lowest BCUT2D eigenvalue weighted by Gasteiger charge is -2.23. The van der Waals surface area contributed by atoms with E-state index in [-0.39, 0.29) is 12.6 Å². The van der Waals surface area contributed by atoms with Gasteiger partial charge in [0.15, 0.2) is 0 Å². The zero-order valence-electron chi connectivity index (χ0n) is 8.09. The van der Waals surface area contributed by atoms with Crippen molar-refractivity contribution in [1.29, 1.82) is 0 Å². The van der Waals surface area contributed by atoms with Gasteiger partial charge in [-0.05, 0) is 19.3 Å². The van der Waals surface area contributed by atoms with Crippen molar-refractivity contribution in [3.8, 4) is 0 Å². The molecular weight excluding hydrogens is 138 g/mol. The normalized spacial score (nSPS) is 16.9. The highest BCUT2D eigenvalue weighted by Gasteiger charge is 2.11. The monoisotopic (exact) mass is 159 g/mol. The largest absolute Gasteiger partial charge is 0.395 e. The summed E-state index contributed by atoms with van der Waals surface area (Å²) in [6, 6.07) is 0.763. The molecule has 0 saturated heterocycles. The second kappa shape index (κ2) is 5.56. The fourth-order valence-corrected chi connectivity index (χ4v) is 0.864. The van der Waals surface area contributed by atoms with Crippen LogP contribution in [0.1, 0.15) is 34.1 Å². The number of aliphatic hydroxyl groups is 1. The Morgan fingerprint density at radius 2 is 1.82 bits per heavy atom. The smallest absolute Gasteiger partial charge is 0.0584 e. The Morgan fingerprint density at radius 1 is 1.27 bits per heavy atom. The van der Waals surface area contributed by atoms with Gasteiger partial charge in [-0.15, -0.1) is 0 Å². The van der Waals surface area contributed by atoms with Gasteiger partial charge in [0.2, 0.25) is 0 Å². The highest BCUT2D eigenvalue weighted by Crippen LogP contribution is 2.02. The van der Waals surface area contributed by atoms with Crippen LogP contribution < -0.4 is 5.32 Å². The van der Waals surface area contributed by atoms with E-state index in [0.29, 0.717) is 12.0 Å². The maximum atomic E-state index is 8.89. The fraction of sp³-hybridized carbons (Fsp3) is 1.00. The van der Waals surface area contributed by atoms with E-state index < -0.39 is 0 Å². The van der Waals surface area contributed by atoms with Crippen molar-refractivity contribution < 1.29 is 5.11 Å². The summed E-state index contributed by atoms with van der Waals surface area (Å²) in [5.41, 5.74) is 0. The highest BCUT2D eigenvalue weighted by molar-refractivity contribution is 4.71. The Bertz CT molecular complexity index is 89.6. The van der Waals surface area contributed by atoms with Gasteiger partial charge in [-0.1, -0.05) is 20.8 Å². The van der Waals surface area contributed by atoms with Crippen molar-refractivity contribution in [3.05, 3.63) is 0 Å². The average Bonchev–Trinajstić information content (AvgIpc) is 1.99. The molecular formula is C9H21NO. The Morgan fingerprint density at radius 3 is 2.09 bits per heavy atom. The molecule has 68 valence electrons. The minimum Gasteiger partial charge on any atom is -0.395 e. The summed E-state index contributed by atoms with van der Waals surface area (Å²) in [6.07, 6.45) is 0.994. The molecule has 2 heteroatoms. The van der Waals surface area contributed by atoms with Crippen molar-refractivity contribution in [2.75, 3.05) is 6.61 Å². The third-order valence-electron chi connectivity index (χ3n) is 2.21. The van der Waals surface area contributed by atoms with Gasteiger partial charge in [0.05, 0.1) is 6.61 Å². The molecule has 0 aromatic carbocycles. The lowest BCUT2D eigenvalue weighted by Crippen LogP contribution is -2.41. The van der Waals surface area contributed by atoms with Gasteiger partial charge in [-0.3, -0.25) is 0 Å². The van der Waals surface area contributed by atoms with E-state index >= 15 is 0 Å². The fourth-order valence-electron chi connectivity index (χ4n) is 0.864. The second-order valence-corrected chi connectivity index (χ2v) is 3.49. The van der Waals surface area contributed by atoms with Crippen molar-refractivity contribution in [3.63, 3.8) is 0 Å². The van der Waals surface area contributed by atoms with Crippen molar-refractivity contribution in [1.82, 2.24) is 5.32 Å². The molecule has 0 aliphatic rings. The Labute approximate surface area is 70.0 Å². The predicted molar refractivity (Wildman–Crippen MR) is 48.6 cm³/mol. The summed E-state index contributed by atoms with van der Waals surface area (Å²) in [5.74, 6) is 0.635. The highest BCUT2D eigenvalue weighted by atomic mass is 16.3. The van der Waals surface area contributed by atoms with Gasteiger partial charge in [0.1, 0.15) is 0 Å². The molecule has 0 fully saturated rings. The van der Waals surface area contributed by atoms with Crippen LogP contribution in [0.15, 0.2) is 0 Å². The lowest BCUT2D eigenvalue weighted by molar-refractivity contribution is 0.220. The van der Waals surface area contributed by atoms with Crippen molar-refractivity contribution >= 4 is 0 Å². The molecule has 0 heterocycles. The van der Waals surface area contributed by atoms with E-state index in [0.717, 1.165) is 6.42 Å². The SMILES string of the molecule is CCC(CO)NC(C)C(C)C. The molecule has 0 bridgehead atoms. The van der Waals surface area contributed by atoms with Crippen LogP contribution in [-0.4, -0.2) is 23.8 Å². The summed E-state index contributed by atoms with van der Waals surface area (Å²) in [5, 5.41) is 12.3. The minimum absolute atomic E-state index is 0.244. The average molecular weight is 159 g/mol. The first-order valence-electron chi connectivity index (χ1n) is 4.48. The Hall–Kier alpha value is -0.0800. The number of rotatable bonds is 5. The quantitative estimate of drug-likeness (QED) is 0.635. The van der Waals surface area contributed by atoms with Crippen LogP contribution in [0.4, 0.5) is 0 Å². The molecule has 0 aliphatic heterocycles. The van der Waals surface area contributed by atoms with Crippen LogP contribution in [0.2, 0.25) is 0 Å². The molecule has 2 atom stereocenters. The minimum atomic E-state index is 0.244. The zero-order chi connectivity index (χ0) is 8.85. The lowest BCUT2D eigenvalue weighted by atomic mass is 10.1. The molecule has 0 spiro atoms. The van der Waals surface area contributed by atoms with E-state index in [4.69, 9.17) is 5.11 Å². The maximum Gasteiger partial charge on any atom is 0.0584 e. The van der Waals surface area contributed by atoms with Crippen molar-refractivity contribution in [2.24, 2.45) is 5.92 Å². The summed E-state index contributed by atoms with van der Waals surface area (Å²) in [4.78, 5) is 0. The van der Waals surface area contributed by atoms with Gasteiger partial charge in [-0.2, -0.15) is 0 Å². The molecule has 0 aromatic rings. The molecule has 2 unspecified atom stereocenters. The molecule has 0 saturated carbocycles. The van der Waals surface area contributed by atoms with Gasteiger partial charge in [-0.25, -0.2) is 0 Å². The molecule has 0 aliphatic carbocycles. The summed E-state index contributed by atoms with van der Waals surface area (Å²) < 4.78 is 0. The van der Waals surface area contributed by atoms with Gasteiger partial charge in [0.25, 0.3) is 0 Å². The van der Waals surface area contributed by atoms with Crippen LogP contribution in [0.5, 0.6) is 0 Å². The molecule has 0 radical (unpaired) electrons. The Balaban J connectivity index is 3.62. The third kappa shape index (κ3) is 4.38. The first kappa shape index (κ1) is 10.9. The van der Waals surface area contributed by atoms with E-state index in [1.54, 1.807) is 0 Å². The molecule has 0 aromatic heterocycles. The molecule has 11 heavy (non-hydrogen) atoms. The molecule has 0 rings (SSSR count). The first-order chi connectivity index (χ1) is 5.11. The standard InChI is InChI=1S/C9H21NO/c1-5-9(6-11)10-8(4)7(2)3/h7-11H,5-6H2,1-4H3. The van der Waals surface area contributed by atoms with Gasteiger partial charge >= 0.3 is 0 Å². The van der Waals surface area contributed by atoms with E-state index in [1.165, 1.54) is 0 Å². The van der Waals surface area contributed by atoms with Crippen LogP contribution in [-0.2, 0) is 0 Å². The topological polar surface area (TPSA) is 32.3 Å². The summed E-state index contributed by atoms with van der Waals surface area (Å²) >= 11 is 0. The van der Waals surface area contributed by atoms with Gasteiger partial charge < -0.3 is 10.4 Å². The van der Waals surface area contributed by atoms with E-state index in [9.17, 15) is 0 Å². The number of nitrogens with one attached hydrogen (secondary N) is 1. The first-order valence-corrected chi connectivity index (χ1v) is 4.48. The second-order valence-electron chi connectivity index (χ2n) is 3.49. The van der Waals surface area contributed by atoms with Crippen molar-refractivity contribution in [2.45, 2.75) is 46.2 Å².